The zero-order valence-corrected chi connectivity index (χ0v) is 11.2. The van der Waals surface area contributed by atoms with Gasteiger partial charge < -0.3 is 9.57 Å². The van der Waals surface area contributed by atoms with Crippen molar-refractivity contribution in [1.29, 1.82) is 0 Å². The average Bonchev–Trinajstić information content (AvgIpc) is 2.86. The Kier molecular flexibility index (Phi) is 3.51. The van der Waals surface area contributed by atoms with Crippen molar-refractivity contribution in [1.82, 2.24) is 0 Å². The molecule has 0 radical (unpaired) electrons. The van der Waals surface area contributed by atoms with E-state index in [1.54, 1.807) is 0 Å². The number of hydrogen-bond donors (Lipinski definition) is 0. The van der Waals surface area contributed by atoms with Gasteiger partial charge in [0.05, 0.1) is 17.7 Å². The lowest BCUT2D eigenvalue weighted by Gasteiger charge is -2.24. The third-order valence-corrected chi connectivity index (χ3v) is 5.07. The molecular formula is C12H17Cl2NO2. The molecule has 0 aromatic carbocycles. The molecule has 0 N–H and O–H groups in total. The van der Waals surface area contributed by atoms with Crippen LogP contribution in [0.15, 0.2) is 5.16 Å². The van der Waals surface area contributed by atoms with E-state index in [0.29, 0.717) is 11.8 Å². The van der Waals surface area contributed by atoms with Gasteiger partial charge in [-0.15, -0.1) is 23.2 Å². The van der Waals surface area contributed by atoms with Crippen LogP contribution in [0, 0.1) is 11.8 Å². The molecule has 1 saturated heterocycles. The normalized spacial score (nSPS) is 47.6. The zero-order chi connectivity index (χ0) is 11.8. The summed E-state index contributed by atoms with van der Waals surface area (Å²) in [7, 11) is 0. The number of ether oxygens (including phenoxy) is 1. The molecule has 3 aliphatic rings. The standard InChI is InChI=1S/C12H17Cl2NO2/c13-9-6-7-5-8(9)12(11(7)14)15-17-10-3-1-2-4-16-10/h7-11H,1-6H2. The highest BCUT2D eigenvalue weighted by Crippen LogP contribution is 2.47. The van der Waals surface area contributed by atoms with Crippen molar-refractivity contribution in [2.24, 2.45) is 17.0 Å². The molecule has 2 saturated carbocycles. The molecule has 5 atom stereocenters. The Morgan fingerprint density at radius 1 is 1.24 bits per heavy atom. The van der Waals surface area contributed by atoms with Gasteiger partial charge in [0, 0.05) is 17.7 Å². The van der Waals surface area contributed by atoms with Crippen LogP contribution in [0.3, 0.4) is 0 Å². The second-order valence-electron chi connectivity index (χ2n) is 5.17. The third-order valence-electron chi connectivity index (χ3n) is 4.01. The molecule has 1 aliphatic heterocycles. The highest BCUT2D eigenvalue weighted by atomic mass is 35.5. The Hall–Kier alpha value is 0.01000. The van der Waals surface area contributed by atoms with Crippen LogP contribution in [-0.2, 0) is 9.57 Å². The van der Waals surface area contributed by atoms with Crippen LogP contribution in [0.4, 0.5) is 0 Å². The summed E-state index contributed by atoms with van der Waals surface area (Å²) in [4.78, 5) is 5.46. The first-order chi connectivity index (χ1) is 8.25. The summed E-state index contributed by atoms with van der Waals surface area (Å²) in [6.45, 7) is 0.768. The van der Waals surface area contributed by atoms with E-state index < -0.39 is 0 Å². The van der Waals surface area contributed by atoms with Crippen molar-refractivity contribution < 1.29 is 9.57 Å². The fraction of sp³-hybridized carbons (Fsp3) is 0.917. The van der Waals surface area contributed by atoms with Gasteiger partial charge in [0.1, 0.15) is 0 Å². The maximum atomic E-state index is 6.35. The predicted octanol–water partition coefficient (Wildman–Crippen LogP) is 3.14. The molecule has 2 aliphatic carbocycles. The molecule has 0 aromatic heterocycles. The molecule has 3 fully saturated rings. The lowest BCUT2D eigenvalue weighted by atomic mass is 9.98. The summed E-state index contributed by atoms with van der Waals surface area (Å²) in [6.07, 6.45) is 5.07. The Balaban J connectivity index is 1.63. The van der Waals surface area contributed by atoms with Gasteiger partial charge in [0.2, 0.25) is 6.29 Å². The van der Waals surface area contributed by atoms with Gasteiger partial charge in [-0.1, -0.05) is 5.16 Å². The molecule has 3 nitrogen and oxygen atoms in total. The molecule has 17 heavy (non-hydrogen) atoms. The molecule has 1 heterocycles. The van der Waals surface area contributed by atoms with E-state index in [9.17, 15) is 0 Å². The minimum atomic E-state index is -0.187. The van der Waals surface area contributed by atoms with Gasteiger partial charge >= 0.3 is 0 Å². The van der Waals surface area contributed by atoms with Crippen LogP contribution >= 0.6 is 23.2 Å². The second-order valence-corrected chi connectivity index (χ2v) is 6.20. The number of alkyl halides is 2. The van der Waals surface area contributed by atoms with Crippen molar-refractivity contribution in [3.8, 4) is 0 Å². The zero-order valence-electron chi connectivity index (χ0n) is 9.65. The highest BCUT2D eigenvalue weighted by Gasteiger charge is 2.50. The average molecular weight is 278 g/mol. The Morgan fingerprint density at radius 2 is 2.12 bits per heavy atom. The van der Waals surface area contributed by atoms with Gasteiger partial charge in [-0.2, -0.15) is 0 Å². The summed E-state index contributed by atoms with van der Waals surface area (Å²) >= 11 is 12.6. The lowest BCUT2D eigenvalue weighted by molar-refractivity contribution is -0.162. The number of halogens is 2. The Labute approximate surface area is 111 Å². The van der Waals surface area contributed by atoms with Crippen molar-refractivity contribution in [2.75, 3.05) is 6.61 Å². The van der Waals surface area contributed by atoms with Gasteiger partial charge in [-0.05, 0) is 31.6 Å². The van der Waals surface area contributed by atoms with E-state index in [1.165, 1.54) is 0 Å². The van der Waals surface area contributed by atoms with E-state index >= 15 is 0 Å². The first kappa shape index (κ1) is 12.1. The maximum Gasteiger partial charge on any atom is 0.226 e. The van der Waals surface area contributed by atoms with E-state index in [1.807, 2.05) is 0 Å². The van der Waals surface area contributed by atoms with E-state index in [-0.39, 0.29) is 17.0 Å². The molecule has 5 heteroatoms. The van der Waals surface area contributed by atoms with Gasteiger partial charge in [-0.3, -0.25) is 0 Å². The first-order valence-corrected chi connectivity index (χ1v) is 7.26. The number of oxime groups is 1. The monoisotopic (exact) mass is 277 g/mol. The number of fused-ring (bicyclic) bond motifs is 2. The predicted molar refractivity (Wildman–Crippen MR) is 67.6 cm³/mol. The number of hydrogen-bond acceptors (Lipinski definition) is 3. The first-order valence-electron chi connectivity index (χ1n) is 6.39. The van der Waals surface area contributed by atoms with Crippen molar-refractivity contribution in [3.63, 3.8) is 0 Å². The van der Waals surface area contributed by atoms with Crippen LogP contribution in [0.5, 0.6) is 0 Å². The summed E-state index contributed by atoms with van der Waals surface area (Å²) in [5, 5.41) is 4.43. The summed E-state index contributed by atoms with van der Waals surface area (Å²) in [5.74, 6) is 0.798. The largest absolute Gasteiger partial charge is 0.364 e. The van der Waals surface area contributed by atoms with E-state index in [4.69, 9.17) is 32.8 Å². The van der Waals surface area contributed by atoms with Crippen molar-refractivity contribution in [3.05, 3.63) is 0 Å². The van der Waals surface area contributed by atoms with Gasteiger partial charge in [0.25, 0.3) is 0 Å². The minimum Gasteiger partial charge on any atom is -0.364 e. The molecule has 0 amide bonds. The Bertz CT molecular complexity index is 318. The quantitative estimate of drug-likeness (QED) is 0.574. The van der Waals surface area contributed by atoms with Crippen molar-refractivity contribution in [2.45, 2.75) is 49.1 Å². The molecule has 0 aromatic rings. The number of nitrogens with zero attached hydrogens (tertiary/aromatic N) is 1. The Morgan fingerprint density at radius 3 is 2.82 bits per heavy atom. The lowest BCUT2D eigenvalue weighted by Crippen LogP contribution is -2.30. The third kappa shape index (κ3) is 2.29. The van der Waals surface area contributed by atoms with Gasteiger partial charge in [-0.25, -0.2) is 0 Å². The fourth-order valence-corrected chi connectivity index (χ4v) is 3.91. The summed E-state index contributed by atoms with van der Waals surface area (Å²) in [6, 6.07) is 0. The molecule has 5 unspecified atom stereocenters. The van der Waals surface area contributed by atoms with Crippen LogP contribution in [-0.4, -0.2) is 29.4 Å². The topological polar surface area (TPSA) is 30.8 Å². The SMILES string of the molecule is ClC1CC2CC1C(=NOC1CCCCO1)C2Cl. The van der Waals surface area contributed by atoms with Crippen molar-refractivity contribution >= 4 is 28.9 Å². The van der Waals surface area contributed by atoms with Crippen LogP contribution in [0.2, 0.25) is 0 Å². The van der Waals surface area contributed by atoms with Crippen LogP contribution in [0.1, 0.15) is 32.1 Å². The minimum absolute atomic E-state index is 0.0126. The van der Waals surface area contributed by atoms with Crippen LogP contribution in [0.25, 0.3) is 0 Å². The molecular weight excluding hydrogens is 261 g/mol. The smallest absolute Gasteiger partial charge is 0.226 e. The van der Waals surface area contributed by atoms with Crippen LogP contribution < -0.4 is 0 Å². The number of rotatable bonds is 2. The highest BCUT2D eigenvalue weighted by molar-refractivity contribution is 6.35. The van der Waals surface area contributed by atoms with E-state index in [0.717, 1.165) is 44.4 Å². The molecule has 3 rings (SSSR count). The molecule has 2 bridgehead atoms. The van der Waals surface area contributed by atoms with E-state index in [2.05, 4.69) is 5.16 Å². The molecule has 0 spiro atoms. The summed E-state index contributed by atoms with van der Waals surface area (Å²) < 4.78 is 5.47. The molecule has 96 valence electrons. The fourth-order valence-electron chi connectivity index (χ4n) is 3.05. The summed E-state index contributed by atoms with van der Waals surface area (Å²) in [5.41, 5.74) is 0.942. The maximum absolute atomic E-state index is 6.35. The second kappa shape index (κ2) is 4.94. The van der Waals surface area contributed by atoms with Gasteiger partial charge in [0.15, 0.2) is 0 Å².